The van der Waals surface area contributed by atoms with E-state index in [0.717, 1.165) is 12.8 Å². The summed E-state index contributed by atoms with van der Waals surface area (Å²) in [5.41, 5.74) is 0. The van der Waals surface area contributed by atoms with Crippen LogP contribution in [0.5, 0.6) is 0 Å². The average Bonchev–Trinajstić information content (AvgIpc) is 2.56. The van der Waals surface area contributed by atoms with Crippen molar-refractivity contribution < 1.29 is 47.6 Å². The van der Waals surface area contributed by atoms with Crippen molar-refractivity contribution in [3.8, 4) is 0 Å². The van der Waals surface area contributed by atoms with Gasteiger partial charge in [0.25, 0.3) is 0 Å². The van der Waals surface area contributed by atoms with Crippen LogP contribution in [0.25, 0.3) is 0 Å². The average molecular weight is 401 g/mol. The van der Waals surface area contributed by atoms with Gasteiger partial charge in [-0.05, 0) is 26.2 Å². The molecule has 2 atom stereocenters. The zero-order chi connectivity index (χ0) is 19.0. The molecule has 0 saturated carbocycles. The molecule has 6 heteroatoms. The minimum atomic E-state index is -4.21. The summed E-state index contributed by atoms with van der Waals surface area (Å²) < 4.78 is 32.4. The number of rotatable bonds is 18. The Morgan fingerprint density at radius 3 is 1.50 bits per heavy atom. The summed E-state index contributed by atoms with van der Waals surface area (Å²) in [6.45, 7) is 3.67. The second kappa shape index (κ2) is 19.2. The number of unbranched alkanes of at least 4 members (excludes halogenated alkanes) is 12. The molecule has 0 amide bonds. The first-order chi connectivity index (χ1) is 11.9. The van der Waals surface area contributed by atoms with Crippen LogP contribution in [0.15, 0.2) is 0 Å². The van der Waals surface area contributed by atoms with Crippen molar-refractivity contribution >= 4 is 10.1 Å². The van der Waals surface area contributed by atoms with Crippen LogP contribution in [0.2, 0.25) is 0 Å². The molecule has 0 radical (unpaired) electrons. The molecular formula is C20H41NaO4S. The van der Waals surface area contributed by atoms with Gasteiger partial charge >= 0.3 is 29.6 Å². The summed E-state index contributed by atoms with van der Waals surface area (Å²) in [6, 6.07) is 0. The van der Waals surface area contributed by atoms with Crippen LogP contribution in [0.3, 0.4) is 0 Å². The van der Waals surface area contributed by atoms with Crippen LogP contribution in [0.4, 0.5) is 0 Å². The summed E-state index contributed by atoms with van der Waals surface area (Å²) in [4.78, 5) is 0. The molecule has 0 aliphatic carbocycles. The van der Waals surface area contributed by atoms with Crippen molar-refractivity contribution in [3.63, 3.8) is 0 Å². The molecule has 152 valence electrons. The molecule has 4 nitrogen and oxygen atoms in total. The molecule has 0 aromatic carbocycles. The molecule has 0 aliphatic heterocycles. The fourth-order valence-corrected chi connectivity index (χ4v) is 3.54. The maximum absolute atomic E-state index is 10.8. The van der Waals surface area contributed by atoms with Crippen molar-refractivity contribution in [1.82, 2.24) is 0 Å². The minimum absolute atomic E-state index is 0. The van der Waals surface area contributed by atoms with Gasteiger partial charge in [0.2, 0.25) is 0 Å². The molecule has 0 aromatic heterocycles. The van der Waals surface area contributed by atoms with Gasteiger partial charge in [-0.15, -0.1) is 0 Å². The molecule has 0 aliphatic rings. The first-order valence-corrected chi connectivity index (χ1v) is 12.0. The number of hydrogen-bond donors (Lipinski definition) is 1. The van der Waals surface area contributed by atoms with E-state index >= 15 is 0 Å². The zero-order valence-corrected chi connectivity index (χ0v) is 20.4. The van der Waals surface area contributed by atoms with Gasteiger partial charge in [-0.2, -0.15) is 0 Å². The van der Waals surface area contributed by atoms with Crippen molar-refractivity contribution in [2.75, 3.05) is 0 Å². The third kappa shape index (κ3) is 19.6. The minimum Gasteiger partial charge on any atom is -0.748 e. The first-order valence-electron chi connectivity index (χ1n) is 10.5. The van der Waals surface area contributed by atoms with E-state index in [1.54, 1.807) is 0 Å². The maximum atomic E-state index is 10.8. The van der Waals surface area contributed by atoms with Gasteiger partial charge in [0, 0.05) is 5.25 Å². The molecule has 0 spiro atoms. The van der Waals surface area contributed by atoms with Crippen LogP contribution in [-0.2, 0) is 10.1 Å². The van der Waals surface area contributed by atoms with E-state index in [2.05, 4.69) is 6.92 Å². The predicted octanol–water partition coefficient (Wildman–Crippen LogP) is 2.55. The standard InChI is InChI=1S/C20H42O4S.Na/c1-3-4-5-6-7-8-9-10-11-12-13-14-15-16-20(21)18-17-19(2)25(22,23)24;/h19-21H,3-18H2,1-2H3,(H,22,23,24);/q;+1/p-1. The Kier molecular flexibility index (Phi) is 21.5. The molecule has 26 heavy (non-hydrogen) atoms. The van der Waals surface area contributed by atoms with E-state index in [9.17, 15) is 18.1 Å². The van der Waals surface area contributed by atoms with Gasteiger partial charge < -0.3 is 9.66 Å². The maximum Gasteiger partial charge on any atom is 1.00 e. The second-order valence-corrected chi connectivity index (χ2v) is 9.36. The Bertz CT molecular complexity index is 387. The molecule has 1 N–H and O–H groups in total. The van der Waals surface area contributed by atoms with E-state index in [0.29, 0.717) is 12.8 Å². The SMILES string of the molecule is CCCCCCCCCCCCCCCC(O)CCC(C)S(=O)(=O)[O-].[Na+]. The number of aliphatic hydroxyl groups excluding tert-OH is 1. The summed E-state index contributed by atoms with van der Waals surface area (Å²) in [6.07, 6.45) is 17.8. The number of aliphatic hydroxyl groups is 1. The Hall–Kier alpha value is 0.870. The molecule has 0 bridgehead atoms. The summed E-state index contributed by atoms with van der Waals surface area (Å²) >= 11 is 0. The van der Waals surface area contributed by atoms with Gasteiger partial charge in [-0.3, -0.25) is 0 Å². The van der Waals surface area contributed by atoms with Crippen molar-refractivity contribution in [2.24, 2.45) is 0 Å². The molecule has 0 rings (SSSR count). The molecule has 2 unspecified atom stereocenters. The first kappa shape index (κ1) is 29.1. The van der Waals surface area contributed by atoms with Crippen LogP contribution in [0.1, 0.15) is 117 Å². The van der Waals surface area contributed by atoms with Gasteiger partial charge in [0.05, 0.1) is 16.2 Å². The van der Waals surface area contributed by atoms with Crippen LogP contribution < -0.4 is 29.6 Å². The molecule has 0 fully saturated rings. The Morgan fingerprint density at radius 1 is 0.731 bits per heavy atom. The van der Waals surface area contributed by atoms with E-state index in [1.165, 1.54) is 77.6 Å². The van der Waals surface area contributed by atoms with Gasteiger partial charge in [0.1, 0.15) is 0 Å². The van der Waals surface area contributed by atoms with Crippen molar-refractivity contribution in [1.29, 1.82) is 0 Å². The fraction of sp³-hybridized carbons (Fsp3) is 1.00. The van der Waals surface area contributed by atoms with Crippen molar-refractivity contribution in [2.45, 2.75) is 128 Å². The monoisotopic (exact) mass is 400 g/mol. The molecule has 0 saturated heterocycles. The summed E-state index contributed by atoms with van der Waals surface area (Å²) in [5, 5.41) is 8.95. The molecular weight excluding hydrogens is 359 g/mol. The summed E-state index contributed by atoms with van der Waals surface area (Å²) in [5.74, 6) is 0. The van der Waals surface area contributed by atoms with E-state index < -0.39 is 21.5 Å². The van der Waals surface area contributed by atoms with Gasteiger partial charge in [-0.1, -0.05) is 90.4 Å². The topological polar surface area (TPSA) is 77.4 Å². The van der Waals surface area contributed by atoms with E-state index in [-0.39, 0.29) is 36.0 Å². The Balaban J connectivity index is 0. The van der Waals surface area contributed by atoms with E-state index in [4.69, 9.17) is 0 Å². The molecule has 0 aromatic rings. The van der Waals surface area contributed by atoms with Gasteiger partial charge in [0.15, 0.2) is 0 Å². The Labute approximate surface area is 185 Å². The largest absolute Gasteiger partial charge is 1.00 e. The third-order valence-electron chi connectivity index (χ3n) is 5.04. The normalized spacial score (nSPS) is 14.0. The van der Waals surface area contributed by atoms with Crippen LogP contribution in [-0.4, -0.2) is 29.4 Å². The molecule has 0 heterocycles. The zero-order valence-electron chi connectivity index (χ0n) is 17.5. The fourth-order valence-electron chi connectivity index (χ4n) is 3.11. The third-order valence-corrected chi connectivity index (χ3v) is 6.26. The van der Waals surface area contributed by atoms with Crippen LogP contribution in [0, 0.1) is 0 Å². The van der Waals surface area contributed by atoms with E-state index in [1.807, 2.05) is 0 Å². The predicted molar refractivity (Wildman–Crippen MR) is 105 cm³/mol. The van der Waals surface area contributed by atoms with Crippen LogP contribution >= 0.6 is 0 Å². The Morgan fingerprint density at radius 2 is 1.12 bits per heavy atom. The van der Waals surface area contributed by atoms with Crippen molar-refractivity contribution in [3.05, 3.63) is 0 Å². The summed E-state index contributed by atoms with van der Waals surface area (Å²) in [7, 11) is -4.21. The second-order valence-electron chi connectivity index (χ2n) is 7.57. The quantitative estimate of drug-likeness (QED) is 0.218. The smallest absolute Gasteiger partial charge is 0.748 e. The van der Waals surface area contributed by atoms with Gasteiger partial charge in [-0.25, -0.2) is 8.42 Å². The number of hydrogen-bond acceptors (Lipinski definition) is 4.